The van der Waals surface area contributed by atoms with E-state index in [2.05, 4.69) is 40.6 Å². The van der Waals surface area contributed by atoms with Crippen LogP contribution >= 0.6 is 0 Å². The predicted octanol–water partition coefficient (Wildman–Crippen LogP) is 2.24. The van der Waals surface area contributed by atoms with Gasteiger partial charge in [-0.15, -0.1) is 0 Å². The lowest BCUT2D eigenvalue weighted by molar-refractivity contribution is 0.297. The summed E-state index contributed by atoms with van der Waals surface area (Å²) in [6.45, 7) is 6.78. The molecule has 6 heteroatoms. The molecule has 0 radical (unpaired) electrons. The van der Waals surface area contributed by atoms with Gasteiger partial charge in [0.25, 0.3) is 0 Å². The van der Waals surface area contributed by atoms with Crippen molar-refractivity contribution in [3.63, 3.8) is 0 Å². The molecule has 2 heterocycles. The first-order valence-corrected chi connectivity index (χ1v) is 10.2. The summed E-state index contributed by atoms with van der Waals surface area (Å²) >= 11 is 0. The first-order valence-electron chi connectivity index (χ1n) is 8.36. The number of fused-ring (bicyclic) bond motifs is 1. The molecule has 2 aromatic rings. The van der Waals surface area contributed by atoms with Crippen LogP contribution in [0.5, 0.6) is 0 Å². The number of likely N-dealkylation sites (tertiary alicyclic amines) is 1. The molecule has 0 saturated carbocycles. The maximum Gasteiger partial charge on any atom is 0.209 e. The standard InChI is InChI=1S/C18H25N3O2S/c1-13(2)16-11-21(12-18(16)20-24(3,22)23)10-14-8-9-19-17-7-5-4-6-15(14)17/h4-9,13,16,18,20H,10-12H2,1-3H3/t16-,18+/m0/s1. The zero-order chi connectivity index (χ0) is 17.3. The maximum absolute atomic E-state index is 11.7. The van der Waals surface area contributed by atoms with Crippen LogP contribution in [0.2, 0.25) is 0 Å². The van der Waals surface area contributed by atoms with Gasteiger partial charge in [0.05, 0.1) is 11.8 Å². The van der Waals surface area contributed by atoms with E-state index in [1.807, 2.05) is 24.4 Å². The maximum atomic E-state index is 11.7. The first-order chi connectivity index (χ1) is 11.3. The molecule has 2 atom stereocenters. The normalized spacial score (nSPS) is 22.5. The molecular weight excluding hydrogens is 322 g/mol. The van der Waals surface area contributed by atoms with Crippen molar-refractivity contribution in [1.82, 2.24) is 14.6 Å². The molecule has 1 aromatic carbocycles. The van der Waals surface area contributed by atoms with E-state index in [9.17, 15) is 8.42 Å². The molecule has 24 heavy (non-hydrogen) atoms. The Hall–Kier alpha value is -1.50. The summed E-state index contributed by atoms with van der Waals surface area (Å²) in [5.74, 6) is 0.760. The fourth-order valence-corrected chi connectivity index (χ4v) is 4.45. The minimum atomic E-state index is -3.19. The third-order valence-electron chi connectivity index (χ3n) is 4.80. The molecular formula is C18H25N3O2S. The molecule has 0 bridgehead atoms. The Morgan fingerprint density at radius 3 is 2.71 bits per heavy atom. The van der Waals surface area contributed by atoms with E-state index in [0.29, 0.717) is 11.8 Å². The van der Waals surface area contributed by atoms with Gasteiger partial charge in [-0.1, -0.05) is 32.0 Å². The second-order valence-corrected chi connectivity index (χ2v) is 8.87. The average molecular weight is 347 g/mol. The van der Waals surface area contributed by atoms with Gasteiger partial charge < -0.3 is 0 Å². The molecule has 1 N–H and O–H groups in total. The van der Waals surface area contributed by atoms with E-state index >= 15 is 0 Å². The van der Waals surface area contributed by atoms with Crippen LogP contribution in [0.1, 0.15) is 19.4 Å². The number of nitrogens with one attached hydrogen (secondary N) is 1. The number of sulfonamides is 1. The van der Waals surface area contributed by atoms with Crippen molar-refractivity contribution < 1.29 is 8.42 Å². The second-order valence-electron chi connectivity index (χ2n) is 7.09. The molecule has 1 aliphatic rings. The SMILES string of the molecule is CC(C)[C@@H]1CN(Cc2ccnc3ccccc23)C[C@H]1NS(C)(=O)=O. The Labute approximate surface area is 144 Å². The highest BCUT2D eigenvalue weighted by Crippen LogP contribution is 2.27. The highest BCUT2D eigenvalue weighted by atomic mass is 32.2. The molecule has 0 aliphatic carbocycles. The highest BCUT2D eigenvalue weighted by Gasteiger charge is 2.36. The van der Waals surface area contributed by atoms with Crippen molar-refractivity contribution in [2.75, 3.05) is 19.3 Å². The van der Waals surface area contributed by atoms with Gasteiger partial charge in [0.15, 0.2) is 0 Å². The van der Waals surface area contributed by atoms with E-state index < -0.39 is 10.0 Å². The van der Waals surface area contributed by atoms with Gasteiger partial charge in [-0.25, -0.2) is 13.1 Å². The minimum absolute atomic E-state index is 0.0203. The van der Waals surface area contributed by atoms with Crippen molar-refractivity contribution in [2.24, 2.45) is 11.8 Å². The molecule has 1 aromatic heterocycles. The van der Waals surface area contributed by atoms with Crippen LogP contribution in [-0.4, -0.2) is 43.7 Å². The van der Waals surface area contributed by atoms with Crippen LogP contribution in [0.4, 0.5) is 0 Å². The topological polar surface area (TPSA) is 62.3 Å². The van der Waals surface area contributed by atoms with Crippen molar-refractivity contribution in [1.29, 1.82) is 0 Å². The van der Waals surface area contributed by atoms with Gasteiger partial charge in [0.1, 0.15) is 0 Å². The van der Waals surface area contributed by atoms with Gasteiger partial charge in [-0.05, 0) is 29.5 Å². The molecule has 1 aliphatic heterocycles. The lowest BCUT2D eigenvalue weighted by Gasteiger charge is -2.21. The summed E-state index contributed by atoms with van der Waals surface area (Å²) in [5, 5.41) is 1.17. The number of hydrogen-bond donors (Lipinski definition) is 1. The number of para-hydroxylation sites is 1. The van der Waals surface area contributed by atoms with Crippen LogP contribution in [0.3, 0.4) is 0 Å². The largest absolute Gasteiger partial charge is 0.297 e. The smallest absolute Gasteiger partial charge is 0.209 e. The van der Waals surface area contributed by atoms with Crippen LogP contribution in [0.25, 0.3) is 10.9 Å². The molecule has 0 amide bonds. The third kappa shape index (κ3) is 3.94. The molecule has 0 unspecified atom stereocenters. The molecule has 5 nitrogen and oxygen atoms in total. The van der Waals surface area contributed by atoms with Crippen molar-refractivity contribution in [3.05, 3.63) is 42.1 Å². The number of pyridine rings is 1. The third-order valence-corrected chi connectivity index (χ3v) is 5.53. The van der Waals surface area contributed by atoms with Gasteiger partial charge in [-0.2, -0.15) is 0 Å². The summed E-state index contributed by atoms with van der Waals surface area (Å²) in [5.41, 5.74) is 2.24. The summed E-state index contributed by atoms with van der Waals surface area (Å²) in [7, 11) is -3.19. The quantitative estimate of drug-likeness (QED) is 0.901. The van der Waals surface area contributed by atoms with E-state index in [-0.39, 0.29) is 6.04 Å². The molecule has 1 saturated heterocycles. The van der Waals surface area contributed by atoms with Gasteiger partial charge >= 0.3 is 0 Å². The Balaban J connectivity index is 1.80. The number of hydrogen-bond acceptors (Lipinski definition) is 4. The number of benzene rings is 1. The van der Waals surface area contributed by atoms with E-state index in [1.165, 1.54) is 17.2 Å². The van der Waals surface area contributed by atoms with E-state index in [0.717, 1.165) is 25.2 Å². The summed E-state index contributed by atoms with van der Waals surface area (Å²) in [4.78, 5) is 6.76. The number of nitrogens with zero attached hydrogens (tertiary/aromatic N) is 2. The predicted molar refractivity (Wildman–Crippen MR) is 97.1 cm³/mol. The fraction of sp³-hybridized carbons (Fsp3) is 0.500. The monoisotopic (exact) mass is 347 g/mol. The van der Waals surface area contributed by atoms with E-state index in [1.54, 1.807) is 0 Å². The first kappa shape index (κ1) is 17.3. The van der Waals surface area contributed by atoms with Crippen LogP contribution in [0, 0.1) is 11.8 Å². The average Bonchev–Trinajstić information content (AvgIpc) is 2.88. The van der Waals surface area contributed by atoms with Crippen molar-refractivity contribution in [2.45, 2.75) is 26.4 Å². The zero-order valence-corrected chi connectivity index (χ0v) is 15.3. The minimum Gasteiger partial charge on any atom is -0.297 e. The van der Waals surface area contributed by atoms with Gasteiger partial charge in [0.2, 0.25) is 10.0 Å². The highest BCUT2D eigenvalue weighted by molar-refractivity contribution is 7.88. The molecule has 1 fully saturated rings. The van der Waals surface area contributed by atoms with Crippen molar-refractivity contribution in [3.8, 4) is 0 Å². The van der Waals surface area contributed by atoms with Crippen LogP contribution in [-0.2, 0) is 16.6 Å². The Morgan fingerprint density at radius 2 is 2.00 bits per heavy atom. The Bertz CT molecular complexity index is 815. The number of aromatic nitrogens is 1. The lowest BCUT2D eigenvalue weighted by Crippen LogP contribution is -2.41. The zero-order valence-electron chi connectivity index (χ0n) is 14.4. The lowest BCUT2D eigenvalue weighted by atomic mass is 9.92. The molecule has 0 spiro atoms. The summed E-state index contributed by atoms with van der Waals surface area (Å²) in [6.07, 6.45) is 3.09. The Morgan fingerprint density at radius 1 is 1.25 bits per heavy atom. The van der Waals surface area contributed by atoms with Gasteiger partial charge in [-0.3, -0.25) is 9.88 Å². The fourth-order valence-electron chi connectivity index (χ4n) is 3.65. The molecule has 3 rings (SSSR count). The second kappa shape index (κ2) is 6.78. The Kier molecular flexibility index (Phi) is 4.90. The van der Waals surface area contributed by atoms with Crippen LogP contribution < -0.4 is 4.72 Å². The molecule has 130 valence electrons. The summed E-state index contributed by atoms with van der Waals surface area (Å²) in [6, 6.07) is 10.2. The van der Waals surface area contributed by atoms with Crippen molar-refractivity contribution >= 4 is 20.9 Å². The number of rotatable bonds is 5. The summed E-state index contributed by atoms with van der Waals surface area (Å²) < 4.78 is 26.1. The van der Waals surface area contributed by atoms with Crippen LogP contribution in [0.15, 0.2) is 36.5 Å². The van der Waals surface area contributed by atoms with E-state index in [4.69, 9.17) is 0 Å². The van der Waals surface area contributed by atoms with Gasteiger partial charge in [0, 0.05) is 37.3 Å².